The molecule has 2 aromatic rings. The van der Waals surface area contributed by atoms with E-state index in [0.717, 1.165) is 10.8 Å². The summed E-state index contributed by atoms with van der Waals surface area (Å²) in [6.07, 6.45) is -1.46. The van der Waals surface area contributed by atoms with E-state index >= 15 is 0 Å². The summed E-state index contributed by atoms with van der Waals surface area (Å²) in [5.41, 5.74) is 3.92. The third kappa shape index (κ3) is 6.28. The van der Waals surface area contributed by atoms with Gasteiger partial charge in [0.25, 0.3) is 5.56 Å². The summed E-state index contributed by atoms with van der Waals surface area (Å²) >= 11 is 12.0. The van der Waals surface area contributed by atoms with Crippen LogP contribution in [0.5, 0.6) is 0 Å². The van der Waals surface area contributed by atoms with Gasteiger partial charge >= 0.3 is 11.7 Å². The Labute approximate surface area is 191 Å². The molecule has 0 amide bonds. The van der Waals surface area contributed by atoms with E-state index in [9.17, 15) is 18.8 Å². The zero-order valence-corrected chi connectivity index (χ0v) is 18.2. The molecule has 1 fully saturated rings. The van der Waals surface area contributed by atoms with Crippen LogP contribution in [0.3, 0.4) is 0 Å². The predicted molar refractivity (Wildman–Crippen MR) is 112 cm³/mol. The minimum Gasteiger partial charge on any atom is -0.462 e. The van der Waals surface area contributed by atoms with Gasteiger partial charge in [-0.05, 0) is 17.7 Å². The van der Waals surface area contributed by atoms with Gasteiger partial charge in [-0.25, -0.2) is 4.79 Å². The Hall–Kier alpha value is -1.95. The minimum absolute atomic E-state index is 0. The molecule has 13 heteroatoms. The molecule has 0 bridgehead atoms. The van der Waals surface area contributed by atoms with Crippen LogP contribution >= 0.6 is 35.6 Å². The Morgan fingerprint density at radius 3 is 2.77 bits per heavy atom. The standard InChI is InChI=1S/C18H18Cl2FN3O6.ClH/c19-10-2-1-9(11(20)3-10)7-28-13-4-15(30-14(13)8-29-16(25)5-22)24-6-12(21)17(26)23-18(24)27;/h1-3,6,13-15H,4-5,7-8,22H2,(H,23,26,27);1H/t13-,14+,15+;/m0./s1. The number of aromatic amines is 1. The van der Waals surface area contributed by atoms with Crippen molar-refractivity contribution in [2.24, 2.45) is 5.73 Å². The van der Waals surface area contributed by atoms with Crippen LogP contribution in [0.2, 0.25) is 10.0 Å². The molecule has 1 aromatic carbocycles. The molecule has 3 N–H and O–H groups in total. The largest absolute Gasteiger partial charge is 0.462 e. The van der Waals surface area contributed by atoms with Gasteiger partial charge in [0.2, 0.25) is 5.82 Å². The number of H-pyrrole nitrogens is 1. The lowest BCUT2D eigenvalue weighted by Gasteiger charge is -2.19. The number of hydrogen-bond donors (Lipinski definition) is 2. The smallest absolute Gasteiger partial charge is 0.330 e. The first-order chi connectivity index (χ1) is 14.3. The highest BCUT2D eigenvalue weighted by molar-refractivity contribution is 6.35. The van der Waals surface area contributed by atoms with Gasteiger partial charge in [0.15, 0.2) is 0 Å². The number of nitrogens with two attached hydrogens (primary N) is 1. The van der Waals surface area contributed by atoms with Crippen molar-refractivity contribution >= 4 is 41.6 Å². The molecule has 9 nitrogen and oxygen atoms in total. The fraction of sp³-hybridized carbons (Fsp3) is 0.389. The molecule has 1 saturated heterocycles. The van der Waals surface area contributed by atoms with Crippen molar-refractivity contribution < 1.29 is 23.4 Å². The maximum absolute atomic E-state index is 13.7. The second-order valence-electron chi connectivity index (χ2n) is 6.48. The van der Waals surface area contributed by atoms with Crippen molar-refractivity contribution in [3.05, 3.63) is 66.7 Å². The van der Waals surface area contributed by atoms with Gasteiger partial charge in [-0.15, -0.1) is 12.4 Å². The fourth-order valence-electron chi connectivity index (χ4n) is 2.94. The van der Waals surface area contributed by atoms with Gasteiger partial charge in [-0.2, -0.15) is 4.39 Å². The van der Waals surface area contributed by atoms with E-state index in [2.05, 4.69) is 0 Å². The molecular formula is C18H19Cl3FN3O6. The predicted octanol–water partition coefficient (Wildman–Crippen LogP) is 1.78. The van der Waals surface area contributed by atoms with Crippen LogP contribution in [-0.4, -0.2) is 40.9 Å². The van der Waals surface area contributed by atoms with Gasteiger partial charge in [0.05, 0.1) is 25.5 Å². The van der Waals surface area contributed by atoms with Crippen LogP contribution in [0.15, 0.2) is 34.0 Å². The number of ether oxygens (including phenoxy) is 3. The number of nitrogens with one attached hydrogen (secondary N) is 1. The maximum atomic E-state index is 13.7. The molecule has 0 radical (unpaired) electrons. The van der Waals surface area contributed by atoms with E-state index in [4.69, 9.17) is 43.1 Å². The van der Waals surface area contributed by atoms with Crippen LogP contribution in [-0.2, 0) is 25.6 Å². The first kappa shape index (κ1) is 25.3. The molecule has 1 aliphatic heterocycles. The topological polar surface area (TPSA) is 126 Å². The fourth-order valence-corrected chi connectivity index (χ4v) is 3.40. The molecule has 0 spiro atoms. The number of carbonyl (C=O) groups is 1. The van der Waals surface area contributed by atoms with E-state index in [0.29, 0.717) is 15.6 Å². The van der Waals surface area contributed by atoms with Gasteiger partial charge in [-0.1, -0.05) is 29.3 Å². The summed E-state index contributed by atoms with van der Waals surface area (Å²) in [5, 5.41) is 0.877. The van der Waals surface area contributed by atoms with Crippen molar-refractivity contribution in [1.82, 2.24) is 9.55 Å². The number of esters is 1. The SMILES string of the molecule is Cl.NCC(=O)OC[C@H]1O[C@@H](n2cc(F)c(=O)[nH]c2=O)C[C@@H]1OCc1ccc(Cl)cc1Cl. The molecule has 1 aromatic heterocycles. The maximum Gasteiger partial charge on any atom is 0.330 e. The molecule has 3 atom stereocenters. The number of hydrogen-bond acceptors (Lipinski definition) is 7. The summed E-state index contributed by atoms with van der Waals surface area (Å²) in [4.78, 5) is 36.6. The first-order valence-electron chi connectivity index (χ1n) is 8.86. The molecule has 1 aliphatic rings. The van der Waals surface area contributed by atoms with Gasteiger partial charge in [0, 0.05) is 16.5 Å². The number of benzene rings is 1. The van der Waals surface area contributed by atoms with Crippen molar-refractivity contribution in [2.75, 3.05) is 13.2 Å². The molecular weight excluding hydrogens is 480 g/mol. The van der Waals surface area contributed by atoms with Crippen molar-refractivity contribution in [1.29, 1.82) is 0 Å². The van der Waals surface area contributed by atoms with E-state index in [1.54, 1.807) is 18.2 Å². The number of halogens is 4. The van der Waals surface area contributed by atoms with Gasteiger partial charge in [-0.3, -0.25) is 19.1 Å². The van der Waals surface area contributed by atoms with E-state index in [-0.39, 0.29) is 38.6 Å². The molecule has 0 unspecified atom stereocenters. The van der Waals surface area contributed by atoms with Gasteiger partial charge in [0.1, 0.15) is 18.9 Å². The highest BCUT2D eigenvalue weighted by Gasteiger charge is 2.38. The quantitative estimate of drug-likeness (QED) is 0.557. The average molecular weight is 499 g/mol. The van der Waals surface area contributed by atoms with Crippen molar-refractivity contribution in [2.45, 2.75) is 31.5 Å². The molecule has 2 heterocycles. The lowest BCUT2D eigenvalue weighted by molar-refractivity contribution is -0.149. The Balaban J connectivity index is 0.00000341. The summed E-state index contributed by atoms with van der Waals surface area (Å²) < 4.78 is 31.2. The second kappa shape index (κ2) is 11.1. The van der Waals surface area contributed by atoms with E-state index < -0.39 is 41.5 Å². The number of carbonyl (C=O) groups excluding carboxylic acids is 1. The van der Waals surface area contributed by atoms with Crippen LogP contribution in [0.4, 0.5) is 4.39 Å². The number of aromatic nitrogens is 2. The second-order valence-corrected chi connectivity index (χ2v) is 7.32. The number of rotatable bonds is 7. The van der Waals surface area contributed by atoms with Crippen molar-refractivity contribution in [3.8, 4) is 0 Å². The lowest BCUT2D eigenvalue weighted by Crippen LogP contribution is -2.34. The molecule has 3 rings (SSSR count). The summed E-state index contributed by atoms with van der Waals surface area (Å²) in [7, 11) is 0. The Kier molecular flexibility index (Phi) is 9.04. The normalized spacial score (nSPS) is 20.3. The third-order valence-corrected chi connectivity index (χ3v) is 5.05. The highest BCUT2D eigenvalue weighted by atomic mass is 35.5. The van der Waals surface area contributed by atoms with E-state index in [1.165, 1.54) is 0 Å². The van der Waals surface area contributed by atoms with Crippen molar-refractivity contribution in [3.63, 3.8) is 0 Å². The monoisotopic (exact) mass is 497 g/mol. The zero-order valence-electron chi connectivity index (χ0n) is 15.9. The van der Waals surface area contributed by atoms with Crippen LogP contribution in [0.1, 0.15) is 18.2 Å². The third-order valence-electron chi connectivity index (χ3n) is 4.46. The molecule has 31 heavy (non-hydrogen) atoms. The van der Waals surface area contributed by atoms with Crippen LogP contribution in [0, 0.1) is 5.82 Å². The molecule has 0 aliphatic carbocycles. The first-order valence-corrected chi connectivity index (χ1v) is 9.61. The highest BCUT2D eigenvalue weighted by Crippen LogP contribution is 2.31. The Morgan fingerprint density at radius 1 is 1.35 bits per heavy atom. The Bertz CT molecular complexity index is 1050. The molecule has 170 valence electrons. The summed E-state index contributed by atoms with van der Waals surface area (Å²) in [5.74, 6) is -1.78. The minimum atomic E-state index is -1.14. The van der Waals surface area contributed by atoms with E-state index in [1.807, 2.05) is 4.98 Å². The average Bonchev–Trinajstić information content (AvgIpc) is 3.11. The van der Waals surface area contributed by atoms with Gasteiger partial charge < -0.3 is 19.9 Å². The lowest BCUT2D eigenvalue weighted by atomic mass is 10.1. The zero-order chi connectivity index (χ0) is 21.8. The summed E-state index contributed by atoms with van der Waals surface area (Å²) in [6.45, 7) is -0.411. The summed E-state index contributed by atoms with van der Waals surface area (Å²) in [6, 6.07) is 4.92. The number of nitrogens with zero attached hydrogens (tertiary/aromatic N) is 1. The van der Waals surface area contributed by atoms with Crippen LogP contribution in [0.25, 0.3) is 0 Å². The van der Waals surface area contributed by atoms with Crippen LogP contribution < -0.4 is 17.0 Å². The molecule has 0 saturated carbocycles. The Morgan fingerprint density at radius 2 is 2.10 bits per heavy atom.